The molecule has 142 valence electrons. The third-order valence-corrected chi connectivity index (χ3v) is 5.25. The number of rotatable bonds is 3. The highest BCUT2D eigenvalue weighted by Crippen LogP contribution is 2.41. The number of nitrogens with two attached hydrogens (primary N) is 1. The molecule has 0 fully saturated rings. The second-order valence-electron chi connectivity index (χ2n) is 7.28. The summed E-state index contributed by atoms with van der Waals surface area (Å²) in [6.07, 6.45) is 2.62. The lowest BCUT2D eigenvalue weighted by molar-refractivity contribution is -0.117. The summed E-state index contributed by atoms with van der Waals surface area (Å²) in [5.41, 5.74) is 10.9. The molecule has 0 saturated carbocycles. The number of hydrogen-bond acceptors (Lipinski definition) is 4. The molecule has 2 atom stereocenters. The highest BCUT2D eigenvalue weighted by molar-refractivity contribution is 5.94. The predicted octanol–water partition coefficient (Wildman–Crippen LogP) is 4.63. The van der Waals surface area contributed by atoms with Gasteiger partial charge in [-0.3, -0.25) is 4.79 Å². The molecule has 2 heterocycles. The topological polar surface area (TPSA) is 71.2 Å². The highest BCUT2D eigenvalue weighted by Gasteiger charge is 2.32. The lowest BCUT2D eigenvalue weighted by atomic mass is 9.89. The molecule has 0 aliphatic carbocycles. The molecule has 5 nitrogen and oxygen atoms in total. The zero-order valence-corrected chi connectivity index (χ0v) is 16.1. The van der Waals surface area contributed by atoms with Crippen LogP contribution >= 0.6 is 0 Å². The zero-order valence-electron chi connectivity index (χ0n) is 16.1. The van der Waals surface area contributed by atoms with Gasteiger partial charge in [0.15, 0.2) is 0 Å². The minimum absolute atomic E-state index is 0.0637. The number of anilines is 3. The third-order valence-electron chi connectivity index (χ3n) is 5.25. The molecule has 1 aromatic heterocycles. The molecule has 2 aromatic carbocycles. The number of fused-ring (bicyclic) bond motifs is 1. The van der Waals surface area contributed by atoms with Gasteiger partial charge in [0, 0.05) is 36.1 Å². The van der Waals surface area contributed by atoms with Gasteiger partial charge in [0.2, 0.25) is 5.91 Å². The summed E-state index contributed by atoms with van der Waals surface area (Å²) >= 11 is 0. The summed E-state index contributed by atoms with van der Waals surface area (Å²) in [6, 6.07) is 20.4. The molecule has 1 aliphatic heterocycles. The molecule has 1 aliphatic rings. The average Bonchev–Trinajstić information content (AvgIpc) is 2.69. The molecule has 0 spiro atoms. The van der Waals surface area contributed by atoms with Gasteiger partial charge < -0.3 is 16.0 Å². The molecule has 28 heavy (non-hydrogen) atoms. The molecule has 5 heteroatoms. The van der Waals surface area contributed by atoms with Crippen LogP contribution in [0, 0.1) is 0 Å². The highest BCUT2D eigenvalue weighted by atomic mass is 16.2. The van der Waals surface area contributed by atoms with Crippen LogP contribution in [0.4, 0.5) is 17.2 Å². The number of nitrogens with one attached hydrogen (secondary N) is 1. The molecular formula is C23H24N4O. The first-order chi connectivity index (χ1) is 13.5. The molecular weight excluding hydrogens is 348 g/mol. The largest absolute Gasteiger partial charge is 0.384 e. The van der Waals surface area contributed by atoms with Crippen LogP contribution in [-0.2, 0) is 4.79 Å². The van der Waals surface area contributed by atoms with Crippen LogP contribution in [0.15, 0.2) is 66.9 Å². The number of carbonyl (C=O) groups excluding carboxylic acids is 1. The van der Waals surface area contributed by atoms with Gasteiger partial charge in [-0.15, -0.1) is 0 Å². The van der Waals surface area contributed by atoms with E-state index in [4.69, 9.17) is 5.73 Å². The Morgan fingerprint density at radius 3 is 2.54 bits per heavy atom. The van der Waals surface area contributed by atoms with E-state index < -0.39 is 0 Å². The first kappa shape index (κ1) is 18.0. The molecule has 0 radical (unpaired) electrons. The van der Waals surface area contributed by atoms with E-state index in [0.29, 0.717) is 5.82 Å². The van der Waals surface area contributed by atoms with Crippen LogP contribution in [0.25, 0.3) is 11.1 Å². The lowest BCUT2D eigenvalue weighted by Gasteiger charge is -2.39. The Morgan fingerprint density at radius 2 is 1.86 bits per heavy atom. The Labute approximate surface area is 165 Å². The third kappa shape index (κ3) is 3.43. The van der Waals surface area contributed by atoms with Crippen molar-refractivity contribution in [1.29, 1.82) is 0 Å². The fourth-order valence-corrected chi connectivity index (χ4v) is 3.97. The van der Waals surface area contributed by atoms with Crippen molar-refractivity contribution in [2.24, 2.45) is 0 Å². The summed E-state index contributed by atoms with van der Waals surface area (Å²) in [7, 11) is 0. The molecule has 3 N–H and O–H groups in total. The quantitative estimate of drug-likeness (QED) is 0.703. The van der Waals surface area contributed by atoms with Crippen molar-refractivity contribution in [3.05, 3.63) is 72.4 Å². The van der Waals surface area contributed by atoms with Crippen LogP contribution in [-0.4, -0.2) is 16.9 Å². The van der Waals surface area contributed by atoms with Crippen LogP contribution < -0.4 is 16.0 Å². The number of benzene rings is 2. The maximum Gasteiger partial charge on any atom is 0.224 e. The van der Waals surface area contributed by atoms with E-state index in [1.807, 2.05) is 41.3 Å². The monoisotopic (exact) mass is 372 g/mol. The van der Waals surface area contributed by atoms with Crippen molar-refractivity contribution in [3.63, 3.8) is 0 Å². The van der Waals surface area contributed by atoms with Gasteiger partial charge in [-0.1, -0.05) is 24.3 Å². The second-order valence-corrected chi connectivity index (χ2v) is 7.28. The minimum atomic E-state index is 0.0637. The van der Waals surface area contributed by atoms with Crippen molar-refractivity contribution in [3.8, 4) is 11.1 Å². The number of nitrogen functional groups attached to an aromatic ring is 1. The second kappa shape index (κ2) is 7.35. The average molecular weight is 372 g/mol. The predicted molar refractivity (Wildman–Crippen MR) is 114 cm³/mol. The Bertz CT molecular complexity index is 985. The SMILES string of the molecule is CC(=O)N1c2ccc(-c3ccc(N)nc3)cc2[C@@H](Nc2ccccc2)C[C@H]1C. The fourth-order valence-electron chi connectivity index (χ4n) is 3.97. The normalized spacial score (nSPS) is 18.4. The van der Waals surface area contributed by atoms with Gasteiger partial charge in [0.1, 0.15) is 5.82 Å². The molecule has 3 aromatic rings. The van der Waals surface area contributed by atoms with E-state index in [2.05, 4.69) is 35.4 Å². The minimum Gasteiger partial charge on any atom is -0.384 e. The van der Waals surface area contributed by atoms with Gasteiger partial charge >= 0.3 is 0 Å². The first-order valence-corrected chi connectivity index (χ1v) is 9.50. The number of amides is 1. The Hall–Kier alpha value is -3.34. The Morgan fingerprint density at radius 1 is 1.11 bits per heavy atom. The number of aromatic nitrogens is 1. The summed E-state index contributed by atoms with van der Waals surface area (Å²) in [5, 5.41) is 3.64. The van der Waals surface area contributed by atoms with E-state index in [9.17, 15) is 4.79 Å². The molecule has 4 rings (SSSR count). The standard InChI is InChI=1S/C23H24N4O/c1-15-12-21(26-19-6-4-3-5-7-19)20-13-17(18-9-11-23(24)25-14-18)8-10-22(20)27(15)16(2)28/h3-11,13-15,21,26H,12H2,1-2H3,(H2,24,25)/t15-,21+/m1/s1. The van der Waals surface area contributed by atoms with E-state index >= 15 is 0 Å². The summed E-state index contributed by atoms with van der Waals surface area (Å²) < 4.78 is 0. The van der Waals surface area contributed by atoms with Crippen molar-refractivity contribution in [2.75, 3.05) is 16.0 Å². The van der Waals surface area contributed by atoms with Gasteiger partial charge in [-0.25, -0.2) is 4.98 Å². The lowest BCUT2D eigenvalue weighted by Crippen LogP contribution is -2.43. The van der Waals surface area contributed by atoms with E-state index in [1.54, 1.807) is 19.2 Å². The number of pyridine rings is 1. The number of hydrogen-bond donors (Lipinski definition) is 2. The summed E-state index contributed by atoms with van der Waals surface area (Å²) in [6.45, 7) is 3.73. The van der Waals surface area contributed by atoms with E-state index in [1.165, 1.54) is 0 Å². The molecule has 1 amide bonds. The maximum atomic E-state index is 12.3. The van der Waals surface area contributed by atoms with Crippen LogP contribution in [0.5, 0.6) is 0 Å². The van der Waals surface area contributed by atoms with Crippen molar-refractivity contribution >= 4 is 23.1 Å². The summed E-state index contributed by atoms with van der Waals surface area (Å²) in [4.78, 5) is 18.4. The van der Waals surface area contributed by atoms with E-state index in [0.717, 1.165) is 34.5 Å². The Kier molecular flexibility index (Phi) is 4.74. The Balaban J connectivity index is 1.78. The number of nitrogens with zero attached hydrogens (tertiary/aromatic N) is 2. The van der Waals surface area contributed by atoms with Crippen molar-refractivity contribution in [1.82, 2.24) is 4.98 Å². The van der Waals surface area contributed by atoms with Gasteiger partial charge in [-0.2, -0.15) is 0 Å². The van der Waals surface area contributed by atoms with Crippen LogP contribution in [0.1, 0.15) is 31.9 Å². The van der Waals surface area contributed by atoms with Crippen molar-refractivity contribution < 1.29 is 4.79 Å². The van der Waals surface area contributed by atoms with Crippen LogP contribution in [0.3, 0.4) is 0 Å². The van der Waals surface area contributed by atoms with Gasteiger partial charge in [0.05, 0.1) is 6.04 Å². The van der Waals surface area contributed by atoms with Crippen LogP contribution in [0.2, 0.25) is 0 Å². The summed E-state index contributed by atoms with van der Waals surface area (Å²) in [5.74, 6) is 0.565. The number of para-hydroxylation sites is 1. The van der Waals surface area contributed by atoms with Gasteiger partial charge in [-0.05, 0) is 60.9 Å². The fraction of sp³-hybridized carbons (Fsp3) is 0.217. The van der Waals surface area contributed by atoms with Crippen molar-refractivity contribution in [2.45, 2.75) is 32.4 Å². The number of carbonyl (C=O) groups is 1. The molecule has 0 bridgehead atoms. The zero-order chi connectivity index (χ0) is 19.7. The smallest absolute Gasteiger partial charge is 0.224 e. The molecule has 0 saturated heterocycles. The molecule has 0 unspecified atom stereocenters. The van der Waals surface area contributed by atoms with Gasteiger partial charge in [0.25, 0.3) is 0 Å². The van der Waals surface area contributed by atoms with E-state index in [-0.39, 0.29) is 18.0 Å². The maximum absolute atomic E-state index is 12.3. The first-order valence-electron chi connectivity index (χ1n) is 9.50.